The third kappa shape index (κ3) is 5.60. The molecule has 0 fully saturated rings. The molecule has 3 aromatic rings. The lowest BCUT2D eigenvalue weighted by Crippen LogP contribution is -2.46. The van der Waals surface area contributed by atoms with Crippen molar-refractivity contribution in [1.29, 1.82) is 0 Å². The van der Waals surface area contributed by atoms with Gasteiger partial charge in [-0.15, -0.1) is 0 Å². The summed E-state index contributed by atoms with van der Waals surface area (Å²) >= 11 is 5.99. The predicted molar refractivity (Wildman–Crippen MR) is 136 cm³/mol. The highest BCUT2D eigenvalue weighted by molar-refractivity contribution is 7.92. The molecule has 0 radical (unpaired) electrons. The molecule has 180 valence electrons. The third-order valence-corrected chi connectivity index (χ3v) is 6.84. The van der Waals surface area contributed by atoms with Gasteiger partial charge in [0.1, 0.15) is 11.8 Å². The van der Waals surface area contributed by atoms with Crippen molar-refractivity contribution in [3.63, 3.8) is 0 Å². The van der Waals surface area contributed by atoms with Crippen LogP contribution in [0.3, 0.4) is 0 Å². The first-order valence-electron chi connectivity index (χ1n) is 10.4. The third-order valence-electron chi connectivity index (χ3n) is 5.35. The molecule has 1 N–H and O–H groups in total. The minimum absolute atomic E-state index is 0.349. The van der Waals surface area contributed by atoms with E-state index in [1.807, 2.05) is 44.2 Å². The number of sulfonamides is 1. The summed E-state index contributed by atoms with van der Waals surface area (Å²) < 4.78 is 33.1. The summed E-state index contributed by atoms with van der Waals surface area (Å²) in [5.41, 5.74) is 6.50. The molecular formula is C24H27ClN4O4S. The molecule has 0 bridgehead atoms. The fourth-order valence-corrected chi connectivity index (χ4v) is 5.00. The average molecular weight is 503 g/mol. The van der Waals surface area contributed by atoms with Crippen LogP contribution in [0.15, 0.2) is 59.7 Å². The molecule has 0 unspecified atom stereocenters. The first-order valence-corrected chi connectivity index (χ1v) is 12.7. The summed E-state index contributed by atoms with van der Waals surface area (Å²) in [6, 6.07) is 14.8. The van der Waals surface area contributed by atoms with Crippen LogP contribution in [-0.2, 0) is 14.8 Å². The molecule has 10 heteroatoms. The molecule has 0 aliphatic rings. The summed E-state index contributed by atoms with van der Waals surface area (Å²) in [6.07, 6.45) is 2.59. The van der Waals surface area contributed by atoms with Crippen molar-refractivity contribution in [2.75, 3.05) is 17.7 Å². The van der Waals surface area contributed by atoms with Crippen LogP contribution in [0.2, 0.25) is 5.02 Å². The number of rotatable bonds is 8. The summed E-state index contributed by atoms with van der Waals surface area (Å²) in [5.74, 6) is 0.0131. The van der Waals surface area contributed by atoms with Gasteiger partial charge in [-0.1, -0.05) is 11.6 Å². The molecule has 1 heterocycles. The smallest absolute Gasteiger partial charge is 0.263 e. The number of carbonyl (C=O) groups excluding carboxylic acids is 1. The van der Waals surface area contributed by atoms with Crippen molar-refractivity contribution in [3.8, 4) is 11.4 Å². The van der Waals surface area contributed by atoms with E-state index in [0.717, 1.165) is 33.2 Å². The quantitative estimate of drug-likeness (QED) is 0.371. The van der Waals surface area contributed by atoms with Crippen molar-refractivity contribution in [1.82, 2.24) is 9.99 Å². The van der Waals surface area contributed by atoms with E-state index in [0.29, 0.717) is 16.5 Å². The highest BCUT2D eigenvalue weighted by atomic mass is 35.5. The zero-order valence-electron chi connectivity index (χ0n) is 19.6. The van der Waals surface area contributed by atoms with E-state index in [2.05, 4.69) is 15.1 Å². The number of nitrogens with one attached hydrogen (secondary N) is 1. The Bertz CT molecular complexity index is 1300. The van der Waals surface area contributed by atoms with Gasteiger partial charge < -0.3 is 9.30 Å². The second-order valence-corrected chi connectivity index (χ2v) is 10.1. The zero-order chi connectivity index (χ0) is 25.0. The Morgan fingerprint density at radius 2 is 1.76 bits per heavy atom. The number of hydrogen-bond acceptors (Lipinski definition) is 5. The maximum atomic E-state index is 12.8. The molecule has 0 saturated heterocycles. The normalized spacial score (nSPS) is 12.5. The van der Waals surface area contributed by atoms with Crippen LogP contribution in [0.25, 0.3) is 5.69 Å². The molecule has 8 nitrogen and oxygen atoms in total. The van der Waals surface area contributed by atoms with Crippen LogP contribution < -0.4 is 14.5 Å². The van der Waals surface area contributed by atoms with E-state index in [1.165, 1.54) is 20.2 Å². The number of halogens is 1. The van der Waals surface area contributed by atoms with Crippen molar-refractivity contribution in [2.24, 2.45) is 5.10 Å². The number of aromatic nitrogens is 1. The molecule has 0 aliphatic carbocycles. The maximum Gasteiger partial charge on any atom is 0.263 e. The number of ether oxygens (including phenoxy) is 1. The molecule has 1 atom stereocenters. The molecule has 0 aliphatic heterocycles. The van der Waals surface area contributed by atoms with Crippen LogP contribution in [0.4, 0.5) is 5.69 Å². The first-order chi connectivity index (χ1) is 16.0. The summed E-state index contributed by atoms with van der Waals surface area (Å²) in [5, 5.41) is 4.73. The minimum atomic E-state index is -3.73. The summed E-state index contributed by atoms with van der Waals surface area (Å²) in [7, 11) is -2.22. The molecule has 3 rings (SSSR count). The van der Waals surface area contributed by atoms with Crippen LogP contribution in [-0.4, -0.2) is 44.5 Å². The van der Waals surface area contributed by atoms with Gasteiger partial charge >= 0.3 is 0 Å². The predicted octanol–water partition coefficient (Wildman–Crippen LogP) is 4.06. The van der Waals surface area contributed by atoms with E-state index in [1.54, 1.807) is 24.3 Å². The van der Waals surface area contributed by atoms with Crippen molar-refractivity contribution in [3.05, 3.63) is 76.6 Å². The van der Waals surface area contributed by atoms with E-state index in [4.69, 9.17) is 16.3 Å². The molecule has 1 aromatic heterocycles. The molecule has 1 amide bonds. The van der Waals surface area contributed by atoms with Gasteiger partial charge in [0.15, 0.2) is 0 Å². The Hall–Kier alpha value is -3.30. The lowest BCUT2D eigenvalue weighted by Gasteiger charge is -2.27. The van der Waals surface area contributed by atoms with Gasteiger partial charge in [-0.2, -0.15) is 5.10 Å². The molecular weight excluding hydrogens is 476 g/mol. The van der Waals surface area contributed by atoms with Gasteiger partial charge in [-0.05, 0) is 75.4 Å². The van der Waals surface area contributed by atoms with Gasteiger partial charge in [-0.3, -0.25) is 9.10 Å². The number of hydrogen-bond donors (Lipinski definition) is 1. The Labute approximate surface area is 204 Å². The number of amides is 1. The second-order valence-electron chi connectivity index (χ2n) is 7.81. The number of hydrazone groups is 1. The average Bonchev–Trinajstić information content (AvgIpc) is 3.07. The fourth-order valence-electron chi connectivity index (χ4n) is 3.70. The van der Waals surface area contributed by atoms with E-state index < -0.39 is 22.0 Å². The van der Waals surface area contributed by atoms with E-state index in [9.17, 15) is 13.2 Å². The summed E-state index contributed by atoms with van der Waals surface area (Å²) in [6.45, 7) is 5.42. The van der Waals surface area contributed by atoms with Crippen molar-refractivity contribution >= 4 is 39.4 Å². The SMILES string of the molecule is COc1ccc(N([C@@H](C)C(=O)N/N=C\c2cc(C)n(-c3ccc(Cl)cc3)c2C)S(C)(=O)=O)cc1. The lowest BCUT2D eigenvalue weighted by molar-refractivity contribution is -0.121. The van der Waals surface area contributed by atoms with Gasteiger partial charge in [0.05, 0.1) is 25.3 Å². The zero-order valence-corrected chi connectivity index (χ0v) is 21.2. The van der Waals surface area contributed by atoms with Crippen LogP contribution in [0.5, 0.6) is 5.75 Å². The second kappa shape index (κ2) is 10.3. The molecule has 0 spiro atoms. The Morgan fingerprint density at radius 3 is 2.32 bits per heavy atom. The standard InChI is InChI=1S/C24H27ClN4O4S/c1-16-14-19(17(2)28(16)21-8-6-20(25)7-9-21)15-26-27-24(30)18(3)29(34(5,31)32)22-10-12-23(33-4)13-11-22/h6-15,18H,1-5H3,(H,27,30)/b26-15-/t18-/m0/s1. The minimum Gasteiger partial charge on any atom is -0.497 e. The highest BCUT2D eigenvalue weighted by Gasteiger charge is 2.29. The number of nitrogens with zero attached hydrogens (tertiary/aromatic N) is 3. The largest absolute Gasteiger partial charge is 0.497 e. The van der Waals surface area contributed by atoms with Gasteiger partial charge in [0.2, 0.25) is 10.0 Å². The molecule has 0 saturated carbocycles. The highest BCUT2D eigenvalue weighted by Crippen LogP contribution is 2.24. The maximum absolute atomic E-state index is 12.8. The van der Waals surface area contributed by atoms with E-state index in [-0.39, 0.29) is 0 Å². The van der Waals surface area contributed by atoms with Crippen LogP contribution >= 0.6 is 11.6 Å². The van der Waals surface area contributed by atoms with Crippen LogP contribution in [0, 0.1) is 13.8 Å². The number of methoxy groups -OCH3 is 1. The number of aryl methyl sites for hydroxylation is 1. The topological polar surface area (TPSA) is 93.0 Å². The van der Waals surface area contributed by atoms with Crippen molar-refractivity contribution in [2.45, 2.75) is 26.8 Å². The van der Waals surface area contributed by atoms with Gasteiger partial charge in [-0.25, -0.2) is 13.8 Å². The first kappa shape index (κ1) is 25.3. The Balaban J connectivity index is 1.78. The van der Waals surface area contributed by atoms with E-state index >= 15 is 0 Å². The Kier molecular flexibility index (Phi) is 7.68. The summed E-state index contributed by atoms with van der Waals surface area (Å²) in [4.78, 5) is 12.8. The van der Waals surface area contributed by atoms with Crippen LogP contribution in [0.1, 0.15) is 23.9 Å². The lowest BCUT2D eigenvalue weighted by atomic mass is 10.2. The number of carbonyl (C=O) groups is 1. The Morgan fingerprint density at radius 1 is 1.15 bits per heavy atom. The monoisotopic (exact) mass is 502 g/mol. The molecule has 2 aromatic carbocycles. The van der Waals surface area contributed by atoms with Crippen molar-refractivity contribution < 1.29 is 17.9 Å². The molecule has 34 heavy (non-hydrogen) atoms. The number of anilines is 1. The van der Waals surface area contributed by atoms with Gasteiger partial charge in [0, 0.05) is 27.7 Å². The number of benzene rings is 2. The van der Waals surface area contributed by atoms with Gasteiger partial charge in [0.25, 0.3) is 5.91 Å². The fraction of sp³-hybridized carbons (Fsp3) is 0.250.